The van der Waals surface area contributed by atoms with E-state index in [-0.39, 0.29) is 11.1 Å². The van der Waals surface area contributed by atoms with Gasteiger partial charge in [-0.15, -0.1) is 0 Å². The average molecular weight is 669 g/mol. The van der Waals surface area contributed by atoms with Crippen LogP contribution in [0.4, 0.5) is 0 Å². The number of rotatable bonds is 8. The third kappa shape index (κ3) is 5.53. The molecule has 1 spiro atoms. The molecule has 0 radical (unpaired) electrons. The molecule has 2 saturated carbocycles. The van der Waals surface area contributed by atoms with Crippen LogP contribution in [0.1, 0.15) is 68.7 Å². The molecular formula is C35H40O13. The van der Waals surface area contributed by atoms with Crippen molar-refractivity contribution in [2.24, 2.45) is 11.3 Å². The van der Waals surface area contributed by atoms with Crippen LogP contribution < -0.4 is 0 Å². The van der Waals surface area contributed by atoms with Gasteiger partial charge in [-0.2, -0.15) is 0 Å². The number of esters is 5. The van der Waals surface area contributed by atoms with Gasteiger partial charge in [-0.05, 0) is 45.0 Å². The second kappa shape index (κ2) is 12.6. The number of hydrogen-bond donors (Lipinski definition) is 2. The minimum atomic E-state index is -2.29. The molecule has 0 unspecified atom stereocenters. The second-order valence-electron chi connectivity index (χ2n) is 13.3. The number of carbonyl (C=O) groups is 5. The van der Waals surface area contributed by atoms with Crippen LogP contribution in [0.15, 0.2) is 60.7 Å². The van der Waals surface area contributed by atoms with Crippen LogP contribution in [-0.4, -0.2) is 94.0 Å². The Morgan fingerprint density at radius 3 is 1.67 bits per heavy atom. The predicted octanol–water partition coefficient (Wildman–Crippen LogP) is 2.54. The van der Waals surface area contributed by atoms with Crippen LogP contribution in [0.3, 0.4) is 0 Å². The summed E-state index contributed by atoms with van der Waals surface area (Å²) in [6.45, 7) is 6.85. The smallest absolute Gasteiger partial charge is 0.338 e. The lowest BCUT2D eigenvalue weighted by molar-refractivity contribution is -0.362. The maximum absolute atomic E-state index is 13.9. The molecule has 3 fully saturated rings. The summed E-state index contributed by atoms with van der Waals surface area (Å²) in [5.41, 5.74) is -7.84. The van der Waals surface area contributed by atoms with E-state index in [9.17, 15) is 34.2 Å². The molecule has 2 aromatic rings. The minimum Gasteiger partial charge on any atom is -0.459 e. The van der Waals surface area contributed by atoms with E-state index in [1.165, 1.54) is 31.2 Å². The highest BCUT2D eigenvalue weighted by Crippen LogP contribution is 2.69. The predicted molar refractivity (Wildman–Crippen MR) is 164 cm³/mol. The lowest BCUT2D eigenvalue weighted by atomic mass is 9.45. The second-order valence-corrected chi connectivity index (χ2v) is 13.3. The molecule has 48 heavy (non-hydrogen) atoms. The number of aliphatic hydroxyl groups is 2. The van der Waals surface area contributed by atoms with Gasteiger partial charge >= 0.3 is 29.8 Å². The zero-order chi connectivity index (χ0) is 35.2. The zero-order valence-electron chi connectivity index (χ0n) is 27.5. The SMILES string of the molecule is CC(=O)O[C@H]1C[C@](C)(O)[C@]23OC(C)(C)[C@H]([C@H](OC(=O)c4ccccc4)[C@H](OC(=O)c4ccccc4)[C@]2(CO)[C@H]1OC(C)=O)[C@H]3OC(C)=O. The van der Waals surface area contributed by atoms with Crippen LogP contribution in [0.2, 0.25) is 0 Å². The molecule has 2 aromatic carbocycles. The molecular weight excluding hydrogens is 628 g/mol. The fraction of sp³-hybridized carbons (Fsp3) is 0.514. The first kappa shape index (κ1) is 35.0. The third-order valence-electron chi connectivity index (χ3n) is 9.71. The van der Waals surface area contributed by atoms with Gasteiger partial charge in [0.05, 0.1) is 34.9 Å². The third-order valence-corrected chi connectivity index (χ3v) is 9.71. The summed E-state index contributed by atoms with van der Waals surface area (Å²) in [6.07, 6.45) is -8.34. The van der Waals surface area contributed by atoms with Crippen molar-refractivity contribution in [1.82, 2.24) is 0 Å². The van der Waals surface area contributed by atoms with E-state index < -0.39 is 102 Å². The fourth-order valence-electron chi connectivity index (χ4n) is 8.19. The van der Waals surface area contributed by atoms with E-state index in [4.69, 9.17) is 28.4 Å². The Bertz CT molecular complexity index is 1570. The van der Waals surface area contributed by atoms with Crippen molar-refractivity contribution < 1.29 is 62.6 Å². The molecule has 2 aliphatic carbocycles. The summed E-state index contributed by atoms with van der Waals surface area (Å²) < 4.78 is 36.6. The normalized spacial score (nSPS) is 34.6. The van der Waals surface area contributed by atoms with Crippen molar-refractivity contribution in [3.05, 3.63) is 71.8 Å². The Hall–Kier alpha value is -4.33. The van der Waals surface area contributed by atoms with Gasteiger partial charge in [-0.1, -0.05) is 36.4 Å². The first-order chi connectivity index (χ1) is 22.5. The van der Waals surface area contributed by atoms with Crippen molar-refractivity contribution >= 4 is 29.8 Å². The zero-order valence-corrected chi connectivity index (χ0v) is 27.5. The van der Waals surface area contributed by atoms with Crippen LogP contribution in [0.25, 0.3) is 0 Å². The first-order valence-electron chi connectivity index (χ1n) is 15.6. The standard InChI is InChI=1S/C35H40O13/c1-19(37)43-24-17-33(6,42)35-28(45-21(3)39)25(32(4,5)48-35)26(46-30(40)22-13-9-7-10-14-22)29(34(35,18-36)27(24)44-20(2)38)47-31(41)23-15-11-8-12-16-23/h7-16,24-29,36,42H,17-18H2,1-6H3/t24-,25+,26-,27-,28+,29-,33-,34-,35-/m0/s1. The lowest BCUT2D eigenvalue weighted by Gasteiger charge is -2.66. The van der Waals surface area contributed by atoms with Crippen molar-refractivity contribution in [2.75, 3.05) is 6.61 Å². The first-order valence-corrected chi connectivity index (χ1v) is 15.6. The Morgan fingerprint density at radius 1 is 0.708 bits per heavy atom. The molecule has 9 atom stereocenters. The molecule has 0 amide bonds. The topological polar surface area (TPSA) is 181 Å². The lowest BCUT2D eigenvalue weighted by Crippen LogP contribution is -2.85. The van der Waals surface area contributed by atoms with Crippen molar-refractivity contribution in [2.45, 2.75) is 95.3 Å². The molecule has 13 nitrogen and oxygen atoms in total. The number of fused-ring (bicyclic) bond motifs is 1. The van der Waals surface area contributed by atoms with E-state index >= 15 is 0 Å². The van der Waals surface area contributed by atoms with E-state index in [2.05, 4.69) is 0 Å². The maximum Gasteiger partial charge on any atom is 0.338 e. The maximum atomic E-state index is 13.9. The van der Waals surface area contributed by atoms with Gasteiger partial charge in [0.25, 0.3) is 0 Å². The van der Waals surface area contributed by atoms with Gasteiger partial charge in [-0.3, -0.25) is 14.4 Å². The number of carbonyl (C=O) groups excluding carboxylic acids is 5. The van der Waals surface area contributed by atoms with Crippen molar-refractivity contribution in [3.8, 4) is 0 Å². The Balaban J connectivity index is 1.85. The highest BCUT2D eigenvalue weighted by Gasteiger charge is 2.88. The Morgan fingerprint density at radius 2 is 1.19 bits per heavy atom. The van der Waals surface area contributed by atoms with Crippen LogP contribution in [-0.2, 0) is 42.8 Å². The molecule has 1 heterocycles. The Labute approximate surface area is 277 Å². The Kier molecular flexibility index (Phi) is 9.19. The molecule has 0 aromatic heterocycles. The highest BCUT2D eigenvalue weighted by atomic mass is 16.6. The number of aliphatic hydroxyl groups excluding tert-OH is 1. The summed E-state index contributed by atoms with van der Waals surface area (Å²) in [5.74, 6) is -5.38. The summed E-state index contributed by atoms with van der Waals surface area (Å²) in [6, 6.07) is 15.8. The van der Waals surface area contributed by atoms with Gasteiger partial charge in [0.15, 0.2) is 12.2 Å². The summed E-state index contributed by atoms with van der Waals surface area (Å²) in [4.78, 5) is 65.8. The molecule has 5 rings (SSSR count). The number of benzene rings is 2. The molecule has 2 bridgehead atoms. The monoisotopic (exact) mass is 668 g/mol. The highest BCUT2D eigenvalue weighted by molar-refractivity contribution is 5.90. The average Bonchev–Trinajstić information content (AvgIpc) is 3.21. The molecule has 258 valence electrons. The van der Waals surface area contributed by atoms with E-state index in [0.717, 1.165) is 20.8 Å². The summed E-state index contributed by atoms with van der Waals surface area (Å²) in [5, 5.41) is 24.2. The molecule has 1 aliphatic heterocycles. The van der Waals surface area contributed by atoms with Gasteiger partial charge in [0.2, 0.25) is 0 Å². The largest absolute Gasteiger partial charge is 0.459 e. The number of hydrogen-bond acceptors (Lipinski definition) is 13. The van der Waals surface area contributed by atoms with Gasteiger partial charge in [0, 0.05) is 27.2 Å². The van der Waals surface area contributed by atoms with Gasteiger partial charge in [0.1, 0.15) is 29.3 Å². The summed E-state index contributed by atoms with van der Waals surface area (Å²) >= 11 is 0. The van der Waals surface area contributed by atoms with Crippen LogP contribution in [0.5, 0.6) is 0 Å². The van der Waals surface area contributed by atoms with Crippen LogP contribution >= 0.6 is 0 Å². The van der Waals surface area contributed by atoms with E-state index in [0.29, 0.717) is 0 Å². The minimum absolute atomic E-state index is 0.0885. The molecule has 1 saturated heterocycles. The van der Waals surface area contributed by atoms with Gasteiger partial charge in [-0.25, -0.2) is 9.59 Å². The molecule has 13 heteroatoms. The van der Waals surface area contributed by atoms with E-state index in [1.54, 1.807) is 50.2 Å². The molecule has 2 N–H and O–H groups in total. The van der Waals surface area contributed by atoms with Gasteiger partial charge < -0.3 is 38.6 Å². The molecule has 3 aliphatic rings. The fourth-order valence-corrected chi connectivity index (χ4v) is 8.19. The van der Waals surface area contributed by atoms with Crippen molar-refractivity contribution in [1.29, 1.82) is 0 Å². The van der Waals surface area contributed by atoms with E-state index in [1.807, 2.05) is 0 Å². The van der Waals surface area contributed by atoms with Crippen LogP contribution in [0, 0.1) is 11.3 Å². The quantitative estimate of drug-likeness (QED) is 0.310. The van der Waals surface area contributed by atoms with Crippen molar-refractivity contribution in [3.63, 3.8) is 0 Å². The number of ether oxygens (including phenoxy) is 6. The summed E-state index contributed by atoms with van der Waals surface area (Å²) in [7, 11) is 0.